The maximum atomic E-state index is 11.8. The number of hydrogen-bond acceptors (Lipinski definition) is 3. The lowest BCUT2D eigenvalue weighted by Gasteiger charge is -2.08. The van der Waals surface area contributed by atoms with Gasteiger partial charge in [0, 0.05) is 11.8 Å². The van der Waals surface area contributed by atoms with E-state index in [9.17, 15) is 9.59 Å². The zero-order valence-corrected chi connectivity index (χ0v) is 14.8. The lowest BCUT2D eigenvalue weighted by Crippen LogP contribution is -2.20. The van der Waals surface area contributed by atoms with E-state index in [0.717, 1.165) is 11.1 Å². The van der Waals surface area contributed by atoms with Gasteiger partial charge in [0.2, 0.25) is 0 Å². The largest absolute Gasteiger partial charge is 0.452 e. The number of carbonyl (C=O) groups excluding carboxylic acids is 2. The van der Waals surface area contributed by atoms with Gasteiger partial charge in [0.15, 0.2) is 6.61 Å². The topological polar surface area (TPSA) is 55.4 Å². The zero-order chi connectivity index (χ0) is 18.2. The van der Waals surface area contributed by atoms with Crippen LogP contribution in [0, 0.1) is 6.92 Å². The minimum absolute atomic E-state index is 0.316. The van der Waals surface area contributed by atoms with E-state index < -0.39 is 5.97 Å². The first-order chi connectivity index (χ1) is 11.9. The maximum Gasteiger partial charge on any atom is 0.331 e. The summed E-state index contributed by atoms with van der Waals surface area (Å²) < 4.78 is 4.95. The van der Waals surface area contributed by atoms with E-state index in [1.807, 2.05) is 55.5 Å². The van der Waals surface area contributed by atoms with Crippen molar-refractivity contribution in [2.45, 2.75) is 26.7 Å². The standard InChI is InChI=1S/C21H23NO3/c1-15(2)18-9-11-19(12-10-18)22-20(23)14-25-21(24)13-8-17-6-4-16(3)5-7-17/h4-13,15H,14H2,1-3H3,(H,22,23)/b13-8+. The van der Waals surface area contributed by atoms with Gasteiger partial charge < -0.3 is 10.1 Å². The van der Waals surface area contributed by atoms with Crippen molar-refractivity contribution in [1.82, 2.24) is 0 Å². The van der Waals surface area contributed by atoms with Crippen LogP contribution in [0.25, 0.3) is 6.08 Å². The van der Waals surface area contributed by atoms with Gasteiger partial charge in [-0.1, -0.05) is 55.8 Å². The molecular formula is C21H23NO3. The molecule has 0 aliphatic carbocycles. The SMILES string of the molecule is Cc1ccc(/C=C/C(=O)OCC(=O)Nc2ccc(C(C)C)cc2)cc1. The molecule has 0 saturated carbocycles. The second-order valence-electron chi connectivity index (χ2n) is 6.18. The van der Waals surface area contributed by atoms with Crippen molar-refractivity contribution in [2.24, 2.45) is 0 Å². The molecule has 2 aromatic rings. The number of carbonyl (C=O) groups is 2. The minimum atomic E-state index is -0.550. The Kier molecular flexibility index (Phi) is 6.52. The second kappa shape index (κ2) is 8.83. The maximum absolute atomic E-state index is 11.8. The Hall–Kier alpha value is -2.88. The Morgan fingerprint density at radius 1 is 1.04 bits per heavy atom. The van der Waals surface area contributed by atoms with Crippen LogP contribution in [0.2, 0.25) is 0 Å². The first-order valence-corrected chi connectivity index (χ1v) is 8.25. The monoisotopic (exact) mass is 337 g/mol. The summed E-state index contributed by atoms with van der Waals surface area (Å²) in [5.74, 6) is -0.480. The first-order valence-electron chi connectivity index (χ1n) is 8.25. The fraction of sp³-hybridized carbons (Fsp3) is 0.238. The number of anilines is 1. The van der Waals surface area contributed by atoms with Crippen molar-refractivity contribution in [2.75, 3.05) is 11.9 Å². The smallest absolute Gasteiger partial charge is 0.331 e. The van der Waals surface area contributed by atoms with E-state index in [1.54, 1.807) is 6.08 Å². The number of rotatable bonds is 6. The molecule has 0 fully saturated rings. The van der Waals surface area contributed by atoms with Crippen LogP contribution in [0.5, 0.6) is 0 Å². The van der Waals surface area contributed by atoms with E-state index in [4.69, 9.17) is 4.74 Å². The van der Waals surface area contributed by atoms with Crippen molar-refractivity contribution in [3.8, 4) is 0 Å². The summed E-state index contributed by atoms with van der Waals surface area (Å²) in [5.41, 5.74) is 3.93. The Balaban J connectivity index is 1.78. The van der Waals surface area contributed by atoms with Gasteiger partial charge in [0.1, 0.15) is 0 Å². The molecule has 4 nitrogen and oxygen atoms in total. The summed E-state index contributed by atoms with van der Waals surface area (Å²) in [7, 11) is 0. The zero-order valence-electron chi connectivity index (χ0n) is 14.8. The van der Waals surface area contributed by atoms with Gasteiger partial charge in [-0.2, -0.15) is 0 Å². The van der Waals surface area contributed by atoms with Crippen LogP contribution >= 0.6 is 0 Å². The van der Waals surface area contributed by atoms with Crippen molar-refractivity contribution < 1.29 is 14.3 Å². The van der Waals surface area contributed by atoms with Crippen LogP contribution in [0.3, 0.4) is 0 Å². The average Bonchev–Trinajstić information content (AvgIpc) is 2.60. The van der Waals surface area contributed by atoms with Gasteiger partial charge in [-0.15, -0.1) is 0 Å². The van der Waals surface area contributed by atoms with Crippen LogP contribution < -0.4 is 5.32 Å². The van der Waals surface area contributed by atoms with E-state index in [2.05, 4.69) is 19.2 Å². The van der Waals surface area contributed by atoms with Gasteiger partial charge in [-0.25, -0.2) is 4.79 Å². The first kappa shape index (κ1) is 18.5. The van der Waals surface area contributed by atoms with Crippen LogP contribution in [-0.2, 0) is 14.3 Å². The van der Waals surface area contributed by atoms with Crippen LogP contribution in [0.1, 0.15) is 36.5 Å². The number of hydrogen-bond donors (Lipinski definition) is 1. The highest BCUT2D eigenvalue weighted by Gasteiger charge is 2.06. The molecule has 2 rings (SSSR count). The molecule has 0 atom stereocenters. The summed E-state index contributed by atoms with van der Waals surface area (Å²) in [4.78, 5) is 23.5. The summed E-state index contributed by atoms with van der Waals surface area (Å²) >= 11 is 0. The second-order valence-corrected chi connectivity index (χ2v) is 6.18. The quantitative estimate of drug-likeness (QED) is 0.631. The van der Waals surface area contributed by atoms with Gasteiger partial charge in [-0.05, 0) is 42.2 Å². The summed E-state index contributed by atoms with van der Waals surface area (Å²) in [6, 6.07) is 15.4. The highest BCUT2D eigenvalue weighted by Crippen LogP contribution is 2.17. The molecule has 2 aromatic carbocycles. The number of ether oxygens (including phenoxy) is 1. The molecule has 4 heteroatoms. The predicted octanol–water partition coefficient (Wildman–Crippen LogP) is 4.31. The van der Waals surface area contributed by atoms with Gasteiger partial charge >= 0.3 is 5.97 Å². The Morgan fingerprint density at radius 3 is 2.28 bits per heavy atom. The van der Waals surface area contributed by atoms with Crippen molar-refractivity contribution in [3.63, 3.8) is 0 Å². The molecule has 0 saturated heterocycles. The van der Waals surface area contributed by atoms with E-state index in [0.29, 0.717) is 11.6 Å². The number of benzene rings is 2. The molecule has 130 valence electrons. The lowest BCUT2D eigenvalue weighted by molar-refractivity contribution is -0.142. The molecule has 25 heavy (non-hydrogen) atoms. The van der Waals surface area contributed by atoms with Gasteiger partial charge in [-0.3, -0.25) is 4.79 Å². The molecule has 0 aromatic heterocycles. The average molecular weight is 337 g/mol. The van der Waals surface area contributed by atoms with Crippen molar-refractivity contribution in [1.29, 1.82) is 0 Å². The molecule has 0 aliphatic heterocycles. The Morgan fingerprint density at radius 2 is 1.68 bits per heavy atom. The summed E-state index contributed by atoms with van der Waals surface area (Å²) in [5, 5.41) is 2.70. The molecule has 0 unspecified atom stereocenters. The third-order valence-corrected chi connectivity index (χ3v) is 3.70. The number of nitrogens with one attached hydrogen (secondary N) is 1. The molecular weight excluding hydrogens is 314 g/mol. The van der Waals surface area contributed by atoms with Gasteiger partial charge in [0.05, 0.1) is 0 Å². The number of aryl methyl sites for hydroxylation is 1. The summed E-state index contributed by atoms with van der Waals surface area (Å²) in [6.45, 7) is 5.90. The third kappa shape index (κ3) is 6.26. The molecule has 0 spiro atoms. The lowest BCUT2D eigenvalue weighted by atomic mass is 10.0. The van der Waals surface area contributed by atoms with Crippen LogP contribution in [-0.4, -0.2) is 18.5 Å². The fourth-order valence-electron chi connectivity index (χ4n) is 2.18. The molecule has 0 aliphatic rings. The minimum Gasteiger partial charge on any atom is -0.452 e. The fourth-order valence-corrected chi connectivity index (χ4v) is 2.18. The van der Waals surface area contributed by atoms with E-state index >= 15 is 0 Å². The van der Waals surface area contributed by atoms with Crippen molar-refractivity contribution >= 4 is 23.6 Å². The Labute approximate surface area is 148 Å². The van der Waals surface area contributed by atoms with E-state index in [1.165, 1.54) is 11.6 Å². The number of esters is 1. The predicted molar refractivity (Wildman–Crippen MR) is 100 cm³/mol. The molecule has 0 bridgehead atoms. The summed E-state index contributed by atoms with van der Waals surface area (Å²) in [6.07, 6.45) is 2.97. The van der Waals surface area contributed by atoms with Crippen LogP contribution in [0.15, 0.2) is 54.6 Å². The normalized spacial score (nSPS) is 10.9. The highest BCUT2D eigenvalue weighted by atomic mass is 16.5. The Bertz CT molecular complexity index is 744. The molecule has 1 amide bonds. The van der Waals surface area contributed by atoms with Crippen molar-refractivity contribution in [3.05, 3.63) is 71.3 Å². The molecule has 0 heterocycles. The van der Waals surface area contributed by atoms with Gasteiger partial charge in [0.25, 0.3) is 5.91 Å². The highest BCUT2D eigenvalue weighted by molar-refractivity contribution is 5.94. The molecule has 0 radical (unpaired) electrons. The molecule has 1 N–H and O–H groups in total. The number of amides is 1. The third-order valence-electron chi connectivity index (χ3n) is 3.70. The van der Waals surface area contributed by atoms with Crippen LogP contribution in [0.4, 0.5) is 5.69 Å². The van der Waals surface area contributed by atoms with E-state index in [-0.39, 0.29) is 12.5 Å².